The summed E-state index contributed by atoms with van der Waals surface area (Å²) in [7, 11) is 0. The number of carbonyl (C=O) groups is 2. The smallest absolute Gasteiger partial charge is 0.407 e. The zero-order valence-corrected chi connectivity index (χ0v) is 7.15. The normalized spacial score (nSPS) is 23.5. The number of cyclic esters (lactones) is 1. The highest BCUT2D eigenvalue weighted by molar-refractivity contribution is 5.71. The van der Waals surface area contributed by atoms with E-state index >= 15 is 0 Å². The summed E-state index contributed by atoms with van der Waals surface area (Å²) in [6.45, 7) is 1.89. The summed E-state index contributed by atoms with van der Waals surface area (Å²) in [5.41, 5.74) is 0. The van der Waals surface area contributed by atoms with Crippen molar-refractivity contribution in [2.45, 2.75) is 19.1 Å². The second kappa shape index (κ2) is 4.08. The summed E-state index contributed by atoms with van der Waals surface area (Å²) in [5.74, 6) is -1.03. The third kappa shape index (κ3) is 2.90. The highest BCUT2D eigenvalue weighted by atomic mass is 16.6. The Hall–Kier alpha value is -1.30. The lowest BCUT2D eigenvalue weighted by Crippen LogP contribution is -2.27. The maximum Gasteiger partial charge on any atom is 0.407 e. The molecule has 1 aliphatic rings. The molecule has 0 aromatic rings. The summed E-state index contributed by atoms with van der Waals surface area (Å²) in [6, 6.07) is 0. The Kier molecular flexibility index (Phi) is 3.07. The average molecular weight is 189 g/mol. The number of carbonyl (C=O) groups excluding carboxylic acids is 1. The molecule has 0 aromatic carbocycles. The van der Waals surface area contributed by atoms with E-state index in [4.69, 9.17) is 14.6 Å². The third-order valence-electron chi connectivity index (χ3n) is 1.63. The quantitative estimate of drug-likeness (QED) is 0.627. The zero-order chi connectivity index (χ0) is 9.84. The van der Waals surface area contributed by atoms with Crippen LogP contribution in [0.2, 0.25) is 0 Å². The first-order valence-corrected chi connectivity index (χ1v) is 3.88. The van der Waals surface area contributed by atoms with Crippen molar-refractivity contribution >= 4 is 12.1 Å². The van der Waals surface area contributed by atoms with Gasteiger partial charge in [0, 0.05) is 0 Å². The first-order chi connectivity index (χ1) is 6.09. The minimum atomic E-state index is -1.03. The number of carboxylic acids is 1. The van der Waals surface area contributed by atoms with Crippen LogP contribution in [0, 0.1) is 0 Å². The van der Waals surface area contributed by atoms with E-state index in [9.17, 15) is 9.59 Å². The van der Waals surface area contributed by atoms with Crippen LogP contribution < -0.4 is 5.32 Å². The number of alkyl carbamates (subject to hydrolysis) is 1. The molecule has 0 aromatic heterocycles. The van der Waals surface area contributed by atoms with Crippen LogP contribution in [0.3, 0.4) is 0 Å². The minimum Gasteiger partial charge on any atom is -0.479 e. The Morgan fingerprint density at radius 3 is 3.08 bits per heavy atom. The number of amides is 1. The lowest BCUT2D eigenvalue weighted by Gasteiger charge is -2.11. The molecule has 2 atom stereocenters. The van der Waals surface area contributed by atoms with Crippen molar-refractivity contribution in [2.24, 2.45) is 0 Å². The van der Waals surface area contributed by atoms with Crippen LogP contribution >= 0.6 is 0 Å². The average Bonchev–Trinajstić information content (AvgIpc) is 2.47. The number of hydrogen-bond donors (Lipinski definition) is 2. The molecule has 0 radical (unpaired) electrons. The van der Waals surface area contributed by atoms with Gasteiger partial charge in [-0.1, -0.05) is 0 Å². The van der Waals surface area contributed by atoms with Crippen LogP contribution in [0.15, 0.2) is 0 Å². The standard InChI is InChI=1S/C7H11NO5/c1-4(6(9)10)12-3-5-2-8-7(11)13-5/h4-5H,2-3H2,1H3,(H,8,11)(H,9,10). The van der Waals surface area contributed by atoms with Crippen LogP contribution in [0.25, 0.3) is 0 Å². The second-order valence-electron chi connectivity index (χ2n) is 2.72. The number of rotatable bonds is 4. The Morgan fingerprint density at radius 1 is 1.92 bits per heavy atom. The van der Waals surface area contributed by atoms with Gasteiger partial charge in [-0.3, -0.25) is 0 Å². The third-order valence-corrected chi connectivity index (χ3v) is 1.63. The maximum atomic E-state index is 10.5. The lowest BCUT2D eigenvalue weighted by molar-refractivity contribution is -0.150. The van der Waals surface area contributed by atoms with Gasteiger partial charge in [-0.05, 0) is 6.92 Å². The molecule has 0 spiro atoms. The summed E-state index contributed by atoms with van der Waals surface area (Å²) < 4.78 is 9.64. The van der Waals surface area contributed by atoms with Gasteiger partial charge in [-0.15, -0.1) is 0 Å². The van der Waals surface area contributed by atoms with Crippen molar-refractivity contribution in [1.82, 2.24) is 5.32 Å². The first kappa shape index (κ1) is 9.79. The molecule has 0 bridgehead atoms. The fraction of sp³-hybridized carbons (Fsp3) is 0.714. The number of hydrogen-bond acceptors (Lipinski definition) is 4. The van der Waals surface area contributed by atoms with Gasteiger partial charge < -0.3 is 19.9 Å². The fourth-order valence-electron chi connectivity index (χ4n) is 0.848. The molecule has 1 heterocycles. The van der Waals surface area contributed by atoms with Gasteiger partial charge in [0.25, 0.3) is 0 Å². The monoisotopic (exact) mass is 189 g/mol. The lowest BCUT2D eigenvalue weighted by atomic mass is 10.3. The first-order valence-electron chi connectivity index (χ1n) is 3.88. The number of nitrogens with one attached hydrogen (secondary N) is 1. The van der Waals surface area contributed by atoms with E-state index in [1.807, 2.05) is 0 Å². The molecule has 1 saturated heterocycles. The Labute approximate surface area is 74.8 Å². The minimum absolute atomic E-state index is 0.103. The molecule has 13 heavy (non-hydrogen) atoms. The van der Waals surface area contributed by atoms with Gasteiger partial charge >= 0.3 is 12.1 Å². The molecule has 2 unspecified atom stereocenters. The molecule has 2 N–H and O–H groups in total. The summed E-state index contributed by atoms with van der Waals surface area (Å²) >= 11 is 0. The second-order valence-corrected chi connectivity index (χ2v) is 2.72. The molecule has 1 rings (SSSR count). The fourth-order valence-corrected chi connectivity index (χ4v) is 0.848. The van der Waals surface area contributed by atoms with Gasteiger partial charge in [0.05, 0.1) is 13.2 Å². The van der Waals surface area contributed by atoms with E-state index in [-0.39, 0.29) is 12.7 Å². The zero-order valence-electron chi connectivity index (χ0n) is 7.15. The summed E-state index contributed by atoms with van der Waals surface area (Å²) in [5, 5.41) is 10.9. The molecule has 0 aliphatic carbocycles. The summed E-state index contributed by atoms with van der Waals surface area (Å²) in [4.78, 5) is 20.8. The molecule has 1 fully saturated rings. The highest BCUT2D eigenvalue weighted by Crippen LogP contribution is 2.02. The molecule has 74 valence electrons. The molecule has 0 saturated carbocycles. The van der Waals surface area contributed by atoms with Crippen molar-refractivity contribution in [3.05, 3.63) is 0 Å². The number of aliphatic carboxylic acids is 1. The molecule has 1 aliphatic heterocycles. The van der Waals surface area contributed by atoms with Crippen molar-refractivity contribution in [2.75, 3.05) is 13.2 Å². The number of carboxylic acid groups (broad SMARTS) is 1. The number of ether oxygens (including phenoxy) is 2. The molecule has 6 nitrogen and oxygen atoms in total. The Morgan fingerprint density at radius 2 is 2.62 bits per heavy atom. The van der Waals surface area contributed by atoms with E-state index in [1.165, 1.54) is 6.92 Å². The van der Waals surface area contributed by atoms with Crippen LogP contribution in [0.5, 0.6) is 0 Å². The van der Waals surface area contributed by atoms with E-state index < -0.39 is 18.2 Å². The van der Waals surface area contributed by atoms with Gasteiger partial charge in [0.2, 0.25) is 0 Å². The molecule has 1 amide bonds. The SMILES string of the molecule is CC(OCC1CNC(=O)O1)C(=O)O. The highest BCUT2D eigenvalue weighted by Gasteiger charge is 2.24. The van der Waals surface area contributed by atoms with E-state index in [2.05, 4.69) is 5.32 Å². The van der Waals surface area contributed by atoms with Crippen LogP contribution in [0.4, 0.5) is 4.79 Å². The van der Waals surface area contributed by atoms with Crippen molar-refractivity contribution in [3.8, 4) is 0 Å². The topological polar surface area (TPSA) is 84.9 Å². The van der Waals surface area contributed by atoms with Crippen LogP contribution in [-0.2, 0) is 14.3 Å². The van der Waals surface area contributed by atoms with Crippen molar-refractivity contribution in [1.29, 1.82) is 0 Å². The van der Waals surface area contributed by atoms with Gasteiger partial charge in [-0.25, -0.2) is 9.59 Å². The van der Waals surface area contributed by atoms with Crippen LogP contribution in [0.1, 0.15) is 6.92 Å². The largest absolute Gasteiger partial charge is 0.479 e. The van der Waals surface area contributed by atoms with Crippen LogP contribution in [-0.4, -0.2) is 42.5 Å². The van der Waals surface area contributed by atoms with Gasteiger partial charge in [-0.2, -0.15) is 0 Å². The molecular weight excluding hydrogens is 178 g/mol. The van der Waals surface area contributed by atoms with Gasteiger partial charge in [0.15, 0.2) is 6.10 Å². The van der Waals surface area contributed by atoms with E-state index in [0.29, 0.717) is 6.54 Å². The maximum absolute atomic E-state index is 10.5. The predicted molar refractivity (Wildman–Crippen MR) is 41.3 cm³/mol. The Balaban J connectivity index is 2.19. The van der Waals surface area contributed by atoms with E-state index in [1.54, 1.807) is 0 Å². The van der Waals surface area contributed by atoms with Gasteiger partial charge in [0.1, 0.15) is 6.10 Å². The van der Waals surface area contributed by atoms with E-state index in [0.717, 1.165) is 0 Å². The van der Waals surface area contributed by atoms with Crippen molar-refractivity contribution < 1.29 is 24.2 Å². The predicted octanol–water partition coefficient (Wildman–Crippen LogP) is -0.416. The molecule has 6 heteroatoms. The Bertz CT molecular complexity index is 217. The van der Waals surface area contributed by atoms with Crippen molar-refractivity contribution in [3.63, 3.8) is 0 Å². The summed E-state index contributed by atoms with van der Waals surface area (Å²) in [6.07, 6.45) is -1.75. The molecular formula is C7H11NO5.